The molecule has 0 unspecified atom stereocenters. The van der Waals surface area contributed by atoms with Gasteiger partial charge in [0.2, 0.25) is 5.52 Å². The quantitative estimate of drug-likeness (QED) is 0.548. The molecule has 2 aromatic heterocycles. The molecular formula is C14H19N2O2+. The summed E-state index contributed by atoms with van der Waals surface area (Å²) in [5.41, 5.74) is 1.23. The van der Waals surface area contributed by atoms with E-state index >= 15 is 0 Å². The first-order valence-corrected chi connectivity index (χ1v) is 5.74. The van der Waals surface area contributed by atoms with Crippen molar-refractivity contribution in [2.45, 2.75) is 0 Å². The highest BCUT2D eigenvalue weighted by molar-refractivity contribution is 5.65. The van der Waals surface area contributed by atoms with Gasteiger partial charge >= 0.3 is 0 Å². The van der Waals surface area contributed by atoms with Crippen molar-refractivity contribution in [1.29, 1.82) is 0 Å². The normalized spacial score (nSPS) is 10.6. The van der Waals surface area contributed by atoms with Gasteiger partial charge in [-0.05, 0) is 12.1 Å². The van der Waals surface area contributed by atoms with Crippen LogP contribution in [0.1, 0.15) is 0 Å². The Balaban J connectivity index is 0.000000187. The van der Waals surface area contributed by atoms with Crippen LogP contribution in [0.25, 0.3) is 5.52 Å². The number of carbonyl (C=O) groups is 1. The van der Waals surface area contributed by atoms with Gasteiger partial charge in [0.15, 0.2) is 12.4 Å². The van der Waals surface area contributed by atoms with Gasteiger partial charge in [0.05, 0.1) is 27.1 Å². The molecule has 4 nitrogen and oxygen atoms in total. The monoisotopic (exact) mass is 247 g/mol. The number of hydrogen-bond acceptors (Lipinski definition) is 2. The van der Waals surface area contributed by atoms with Crippen molar-refractivity contribution in [2.24, 2.45) is 0 Å². The van der Waals surface area contributed by atoms with Gasteiger partial charge in [-0.15, -0.1) is 0 Å². The predicted molar refractivity (Wildman–Crippen MR) is 67.5 cm³/mol. The third-order valence-corrected chi connectivity index (χ3v) is 2.15. The average molecular weight is 247 g/mol. The lowest BCUT2D eigenvalue weighted by Gasteiger charge is -2.23. The summed E-state index contributed by atoms with van der Waals surface area (Å²) < 4.78 is 2.50. The van der Waals surface area contributed by atoms with Crippen LogP contribution >= 0.6 is 0 Å². The first kappa shape index (κ1) is 14.1. The van der Waals surface area contributed by atoms with Crippen LogP contribution in [0.2, 0.25) is 0 Å². The van der Waals surface area contributed by atoms with Crippen molar-refractivity contribution in [3.63, 3.8) is 0 Å². The van der Waals surface area contributed by atoms with Gasteiger partial charge in [0.1, 0.15) is 6.54 Å². The van der Waals surface area contributed by atoms with E-state index < -0.39 is 5.97 Å². The molecule has 96 valence electrons. The van der Waals surface area contributed by atoms with E-state index in [1.807, 2.05) is 36.7 Å². The van der Waals surface area contributed by atoms with E-state index in [1.54, 1.807) is 21.1 Å². The molecule has 0 aromatic carbocycles. The minimum atomic E-state index is -1.00. The summed E-state index contributed by atoms with van der Waals surface area (Å²) in [5, 5.41) is 9.89. The van der Waals surface area contributed by atoms with Gasteiger partial charge in [-0.3, -0.25) is 0 Å². The van der Waals surface area contributed by atoms with Crippen LogP contribution in [0.4, 0.5) is 0 Å². The molecule has 2 rings (SSSR count). The number of carboxylic acid groups (broad SMARTS) is 1. The zero-order valence-electron chi connectivity index (χ0n) is 11.0. The Morgan fingerprint density at radius 3 is 1.89 bits per heavy atom. The fourth-order valence-corrected chi connectivity index (χ4v) is 1.43. The van der Waals surface area contributed by atoms with Gasteiger partial charge in [-0.25, -0.2) is 0 Å². The molecule has 0 spiro atoms. The molecule has 2 aromatic rings. The van der Waals surface area contributed by atoms with E-state index in [9.17, 15) is 9.90 Å². The molecule has 0 saturated heterocycles. The molecule has 2 heterocycles. The SMILES string of the molecule is C[N+](C)(C)CC(=O)[O-].c1cc[n+]2ccccc2c1. The Morgan fingerprint density at radius 1 is 1.11 bits per heavy atom. The standard InChI is InChI=1S/C9H8N.C5H11NO2/c1-3-7-10-8-4-2-6-9(10)5-1;1-6(2,3)4-5(7)8/h1-8H;4H2,1-3H3/q+1;. The van der Waals surface area contributed by atoms with Crippen molar-refractivity contribution < 1.29 is 18.8 Å². The zero-order chi connectivity index (χ0) is 13.6. The van der Waals surface area contributed by atoms with Crippen molar-refractivity contribution in [2.75, 3.05) is 27.7 Å². The summed E-state index contributed by atoms with van der Waals surface area (Å²) in [6.45, 7) is 0.0694. The highest BCUT2D eigenvalue weighted by Crippen LogP contribution is 1.92. The average Bonchev–Trinajstić information content (AvgIpc) is 2.27. The maximum absolute atomic E-state index is 9.89. The Hall–Kier alpha value is -1.94. The lowest BCUT2D eigenvalue weighted by atomic mass is 10.3. The molecule has 0 fully saturated rings. The van der Waals surface area contributed by atoms with Gasteiger partial charge in [-0.2, -0.15) is 4.40 Å². The number of rotatable bonds is 2. The molecule has 0 atom stereocenters. The smallest absolute Gasteiger partial charge is 0.210 e. The number of carbonyl (C=O) groups excluding carboxylic acids is 1. The fraction of sp³-hybridized carbons (Fsp3) is 0.286. The maximum atomic E-state index is 9.89. The topological polar surface area (TPSA) is 44.2 Å². The van der Waals surface area contributed by atoms with Gasteiger partial charge in [-0.1, -0.05) is 0 Å². The largest absolute Gasteiger partial charge is 0.544 e. The minimum absolute atomic E-state index is 0.0694. The molecule has 0 saturated carbocycles. The van der Waals surface area contributed by atoms with Crippen molar-refractivity contribution in [3.8, 4) is 0 Å². The van der Waals surface area contributed by atoms with Crippen molar-refractivity contribution >= 4 is 11.5 Å². The number of carboxylic acids is 1. The number of likely N-dealkylation sites (N-methyl/N-ethyl adjacent to an activating group) is 1. The Kier molecular flexibility index (Phi) is 4.80. The number of aromatic nitrogens is 1. The second-order valence-electron chi connectivity index (χ2n) is 5.05. The Bertz CT molecular complexity index is 453. The fourth-order valence-electron chi connectivity index (χ4n) is 1.43. The summed E-state index contributed by atoms with van der Waals surface area (Å²) in [5.74, 6) is -1.00. The second-order valence-corrected chi connectivity index (χ2v) is 5.05. The van der Waals surface area contributed by atoms with Crippen LogP contribution in [0, 0.1) is 0 Å². The van der Waals surface area contributed by atoms with Gasteiger partial charge < -0.3 is 14.4 Å². The molecule has 0 aliphatic heterocycles. The second kappa shape index (κ2) is 6.12. The van der Waals surface area contributed by atoms with E-state index in [4.69, 9.17) is 0 Å². The summed E-state index contributed by atoms with van der Waals surface area (Å²) in [6.07, 6.45) is 4.07. The Morgan fingerprint density at radius 2 is 1.61 bits per heavy atom. The van der Waals surface area contributed by atoms with Gasteiger partial charge in [0, 0.05) is 24.3 Å². The first-order valence-electron chi connectivity index (χ1n) is 5.74. The molecule has 0 aliphatic rings. The number of quaternary nitrogens is 1. The van der Waals surface area contributed by atoms with E-state index in [0.717, 1.165) is 0 Å². The van der Waals surface area contributed by atoms with Crippen LogP contribution in [-0.4, -0.2) is 38.1 Å². The molecule has 4 heteroatoms. The third kappa shape index (κ3) is 5.41. The highest BCUT2D eigenvalue weighted by Gasteiger charge is 2.04. The van der Waals surface area contributed by atoms with Crippen molar-refractivity contribution in [3.05, 3.63) is 48.8 Å². The first-order chi connectivity index (χ1) is 8.38. The molecule has 0 radical (unpaired) electrons. The summed E-state index contributed by atoms with van der Waals surface area (Å²) in [4.78, 5) is 9.89. The number of fused-ring (bicyclic) bond motifs is 1. The van der Waals surface area contributed by atoms with E-state index in [-0.39, 0.29) is 6.54 Å². The third-order valence-electron chi connectivity index (χ3n) is 2.15. The van der Waals surface area contributed by atoms with E-state index in [2.05, 4.69) is 16.5 Å². The molecular weight excluding hydrogens is 228 g/mol. The van der Waals surface area contributed by atoms with Crippen LogP contribution in [-0.2, 0) is 4.79 Å². The number of nitrogens with zero attached hydrogens (tertiary/aromatic N) is 2. The Labute approximate surface area is 107 Å². The van der Waals surface area contributed by atoms with Crippen LogP contribution in [0.5, 0.6) is 0 Å². The predicted octanol–water partition coefficient (Wildman–Crippen LogP) is -0.132. The summed E-state index contributed by atoms with van der Waals surface area (Å²) in [7, 11) is 5.40. The number of hydrogen-bond donors (Lipinski definition) is 0. The van der Waals surface area contributed by atoms with Gasteiger partial charge in [0.25, 0.3) is 0 Å². The minimum Gasteiger partial charge on any atom is -0.544 e. The molecule has 18 heavy (non-hydrogen) atoms. The number of aliphatic carboxylic acids is 1. The van der Waals surface area contributed by atoms with E-state index in [0.29, 0.717) is 4.48 Å². The molecule has 0 bridgehead atoms. The lowest BCUT2D eigenvalue weighted by molar-refractivity contribution is -0.864. The summed E-state index contributed by atoms with van der Waals surface area (Å²) in [6, 6.07) is 12.3. The molecule has 0 aliphatic carbocycles. The van der Waals surface area contributed by atoms with Crippen LogP contribution in [0.15, 0.2) is 48.8 Å². The molecule has 0 N–H and O–H groups in total. The highest BCUT2D eigenvalue weighted by atomic mass is 16.4. The zero-order valence-corrected chi connectivity index (χ0v) is 11.0. The molecule has 0 amide bonds. The van der Waals surface area contributed by atoms with Crippen LogP contribution in [0.3, 0.4) is 0 Å². The number of pyridine rings is 2. The van der Waals surface area contributed by atoms with Crippen LogP contribution < -0.4 is 9.51 Å². The summed E-state index contributed by atoms with van der Waals surface area (Å²) >= 11 is 0. The lowest BCUT2D eigenvalue weighted by Crippen LogP contribution is -2.45. The van der Waals surface area contributed by atoms with Crippen molar-refractivity contribution in [1.82, 2.24) is 0 Å². The van der Waals surface area contributed by atoms with E-state index in [1.165, 1.54) is 5.52 Å². The maximum Gasteiger partial charge on any atom is 0.210 e.